The molecule has 1 aromatic rings. The number of halogens is 6. The van der Waals surface area contributed by atoms with Crippen LogP contribution in [0.4, 0.5) is 22.0 Å². The summed E-state index contributed by atoms with van der Waals surface area (Å²) in [5.74, 6) is -14.1. The van der Waals surface area contributed by atoms with Crippen LogP contribution in [0, 0.1) is 29.1 Å². The van der Waals surface area contributed by atoms with Gasteiger partial charge >= 0.3 is 5.97 Å². The molecule has 0 unspecified atom stereocenters. The molecule has 92 valence electrons. The van der Waals surface area contributed by atoms with E-state index in [-0.39, 0.29) is 3.58 Å². The molecule has 1 aromatic carbocycles. The molecule has 0 bridgehead atoms. The van der Waals surface area contributed by atoms with Crippen LogP contribution in [0.25, 0.3) is 0 Å². The highest BCUT2D eigenvalue weighted by Crippen LogP contribution is 2.29. The Hall–Kier alpha value is -1.19. The van der Waals surface area contributed by atoms with Crippen molar-refractivity contribution < 1.29 is 31.5 Å². The van der Waals surface area contributed by atoms with Crippen LogP contribution in [0.2, 0.25) is 0 Å². The summed E-state index contributed by atoms with van der Waals surface area (Å²) in [7, 11) is 0. The highest BCUT2D eigenvalue weighted by molar-refractivity contribution is 14.1. The number of hydrogen-bond donors (Lipinski definition) is 0. The van der Waals surface area contributed by atoms with Gasteiger partial charge in [-0.25, -0.2) is 18.0 Å². The first-order chi connectivity index (χ1) is 7.77. The molecule has 2 nitrogen and oxygen atoms in total. The van der Waals surface area contributed by atoms with E-state index in [1.54, 1.807) is 0 Å². The zero-order valence-corrected chi connectivity index (χ0v) is 9.95. The number of hydrogen-bond acceptors (Lipinski definition) is 2. The summed E-state index contributed by atoms with van der Waals surface area (Å²) in [6, 6.07) is 0. The van der Waals surface area contributed by atoms with Crippen molar-refractivity contribution >= 4 is 28.6 Å². The Morgan fingerprint density at radius 1 is 0.941 bits per heavy atom. The van der Waals surface area contributed by atoms with Crippen LogP contribution in [0.5, 0.6) is 5.75 Å². The van der Waals surface area contributed by atoms with E-state index in [2.05, 4.69) is 11.3 Å². The van der Waals surface area contributed by atoms with E-state index in [0.29, 0.717) is 0 Å². The van der Waals surface area contributed by atoms with Crippen molar-refractivity contribution in [1.29, 1.82) is 0 Å². The van der Waals surface area contributed by atoms with E-state index in [1.807, 2.05) is 0 Å². The van der Waals surface area contributed by atoms with Crippen LogP contribution in [0.15, 0.2) is 10.2 Å². The second-order valence-corrected chi connectivity index (χ2v) is 4.00. The SMILES string of the molecule is C=C(I)C(=O)Oc1c(F)c(F)c(F)c(F)c1F. The zero-order chi connectivity index (χ0) is 13.3. The quantitative estimate of drug-likeness (QED) is 0.153. The van der Waals surface area contributed by atoms with Gasteiger partial charge in [-0.15, -0.1) is 0 Å². The third-order valence-corrected chi connectivity index (χ3v) is 2.03. The number of carbonyl (C=O) groups excluding carboxylic acids is 1. The minimum atomic E-state index is -2.33. The van der Waals surface area contributed by atoms with Gasteiger partial charge in [0.2, 0.25) is 34.8 Å². The number of ether oxygens (including phenoxy) is 1. The molecule has 0 aliphatic carbocycles. The van der Waals surface area contributed by atoms with E-state index in [9.17, 15) is 26.7 Å². The minimum absolute atomic E-state index is 0.286. The summed E-state index contributed by atoms with van der Waals surface area (Å²) in [4.78, 5) is 10.9. The lowest BCUT2D eigenvalue weighted by Gasteiger charge is -2.07. The Bertz CT molecular complexity index is 486. The van der Waals surface area contributed by atoms with Crippen LogP contribution < -0.4 is 4.74 Å². The monoisotopic (exact) mass is 364 g/mol. The summed E-state index contributed by atoms with van der Waals surface area (Å²) in [5, 5.41) is 0. The van der Waals surface area contributed by atoms with Crippen molar-refractivity contribution in [2.24, 2.45) is 0 Å². The zero-order valence-electron chi connectivity index (χ0n) is 7.79. The van der Waals surface area contributed by atoms with Gasteiger partial charge in [-0.3, -0.25) is 0 Å². The lowest BCUT2D eigenvalue weighted by Crippen LogP contribution is -2.12. The molecule has 0 heterocycles. The first kappa shape index (κ1) is 13.9. The van der Waals surface area contributed by atoms with E-state index in [4.69, 9.17) is 0 Å². The van der Waals surface area contributed by atoms with Crippen molar-refractivity contribution in [1.82, 2.24) is 0 Å². The highest BCUT2D eigenvalue weighted by Gasteiger charge is 2.28. The Morgan fingerprint density at radius 3 is 1.65 bits per heavy atom. The largest absolute Gasteiger partial charge is 0.416 e. The molecule has 0 saturated heterocycles. The van der Waals surface area contributed by atoms with Gasteiger partial charge in [0.15, 0.2) is 0 Å². The van der Waals surface area contributed by atoms with Gasteiger partial charge in [0, 0.05) is 0 Å². The molecule has 1 rings (SSSR count). The van der Waals surface area contributed by atoms with Crippen LogP contribution in [-0.2, 0) is 4.79 Å². The first-order valence-electron chi connectivity index (χ1n) is 3.85. The molecule has 8 heteroatoms. The Balaban J connectivity index is 3.35. The van der Waals surface area contributed by atoms with Gasteiger partial charge in [0.05, 0.1) is 3.58 Å². The molecule has 0 aliphatic heterocycles. The average Bonchev–Trinajstić information content (AvgIpc) is 2.29. The third kappa shape index (κ3) is 2.56. The maximum atomic E-state index is 13.0. The average molecular weight is 364 g/mol. The van der Waals surface area contributed by atoms with Crippen molar-refractivity contribution in [3.8, 4) is 5.75 Å². The fourth-order valence-corrected chi connectivity index (χ4v) is 0.933. The molecule has 17 heavy (non-hydrogen) atoms. The summed E-state index contributed by atoms with van der Waals surface area (Å²) in [6.45, 7) is 3.08. The minimum Gasteiger partial charge on any atom is -0.416 e. The molecule has 0 aromatic heterocycles. The van der Waals surface area contributed by atoms with E-state index < -0.39 is 40.8 Å². The fraction of sp³-hybridized carbons (Fsp3) is 0. The Kier molecular flexibility index (Phi) is 4.07. The standard InChI is InChI=1S/C9H2F5IO2/c1-2(15)9(16)17-8-6(13)4(11)3(10)5(12)7(8)14/h1H2. The molecule has 0 fully saturated rings. The van der Waals surface area contributed by atoms with Crippen LogP contribution in [0.3, 0.4) is 0 Å². The smallest absolute Gasteiger partial charge is 0.349 e. The normalized spacial score (nSPS) is 10.2. The molecule has 0 saturated carbocycles. The Labute approximate surface area is 105 Å². The fourth-order valence-electron chi connectivity index (χ4n) is 0.822. The molecule has 0 aliphatic rings. The molecule has 0 radical (unpaired) electrons. The van der Waals surface area contributed by atoms with E-state index in [0.717, 1.165) is 0 Å². The van der Waals surface area contributed by atoms with Gasteiger partial charge < -0.3 is 4.74 Å². The number of benzene rings is 1. The molecular formula is C9H2F5IO2. The van der Waals surface area contributed by atoms with Crippen LogP contribution in [-0.4, -0.2) is 5.97 Å². The van der Waals surface area contributed by atoms with Gasteiger partial charge in [-0.2, -0.15) is 8.78 Å². The second kappa shape index (κ2) is 4.98. The third-order valence-electron chi connectivity index (χ3n) is 1.59. The maximum Gasteiger partial charge on any atom is 0.349 e. The van der Waals surface area contributed by atoms with Crippen molar-refractivity contribution in [2.45, 2.75) is 0 Å². The summed E-state index contributed by atoms with van der Waals surface area (Å²) in [5.41, 5.74) is 0. The predicted molar refractivity (Wildman–Crippen MR) is 55.0 cm³/mol. The van der Waals surface area contributed by atoms with Gasteiger partial charge in [0.1, 0.15) is 0 Å². The van der Waals surface area contributed by atoms with Crippen LogP contribution in [0.1, 0.15) is 0 Å². The van der Waals surface area contributed by atoms with Crippen LogP contribution >= 0.6 is 22.6 Å². The molecule has 0 amide bonds. The van der Waals surface area contributed by atoms with E-state index in [1.165, 1.54) is 22.6 Å². The maximum absolute atomic E-state index is 13.0. The number of carbonyl (C=O) groups is 1. The Morgan fingerprint density at radius 2 is 1.29 bits per heavy atom. The summed E-state index contributed by atoms with van der Waals surface area (Å²) < 4.78 is 67.7. The first-order valence-corrected chi connectivity index (χ1v) is 4.93. The number of esters is 1. The van der Waals surface area contributed by atoms with Gasteiger partial charge in [-0.1, -0.05) is 6.58 Å². The van der Waals surface area contributed by atoms with Crippen molar-refractivity contribution in [2.75, 3.05) is 0 Å². The van der Waals surface area contributed by atoms with Gasteiger partial charge in [-0.05, 0) is 22.6 Å². The molecule has 0 N–H and O–H groups in total. The summed E-state index contributed by atoms with van der Waals surface area (Å²) >= 11 is 1.37. The lowest BCUT2D eigenvalue weighted by atomic mass is 10.2. The predicted octanol–water partition coefficient (Wildman–Crippen LogP) is 3.24. The van der Waals surface area contributed by atoms with Crippen molar-refractivity contribution in [3.05, 3.63) is 39.2 Å². The van der Waals surface area contributed by atoms with Crippen molar-refractivity contribution in [3.63, 3.8) is 0 Å². The molecule has 0 spiro atoms. The topological polar surface area (TPSA) is 26.3 Å². The lowest BCUT2D eigenvalue weighted by molar-refractivity contribution is -0.129. The molecule has 0 atom stereocenters. The summed E-state index contributed by atoms with van der Waals surface area (Å²) in [6.07, 6.45) is 0. The number of rotatable bonds is 2. The highest BCUT2D eigenvalue weighted by atomic mass is 127. The second-order valence-electron chi connectivity index (χ2n) is 2.69. The van der Waals surface area contributed by atoms with E-state index >= 15 is 0 Å². The van der Waals surface area contributed by atoms with Gasteiger partial charge in [0.25, 0.3) is 0 Å². The molecular weight excluding hydrogens is 362 g/mol.